The van der Waals surface area contributed by atoms with E-state index in [1.807, 2.05) is 13.0 Å². The second-order valence-electron chi connectivity index (χ2n) is 8.53. The molecule has 0 radical (unpaired) electrons. The van der Waals surface area contributed by atoms with E-state index in [1.54, 1.807) is 30.3 Å². The van der Waals surface area contributed by atoms with Gasteiger partial charge in [-0.1, -0.05) is 31.2 Å². The van der Waals surface area contributed by atoms with Gasteiger partial charge in [-0.25, -0.2) is 4.39 Å². The molecule has 0 aromatic heterocycles. The smallest absolute Gasteiger partial charge is 0.238 e. The number of para-hydroxylation sites is 1. The molecule has 2 aromatic carbocycles. The van der Waals surface area contributed by atoms with Gasteiger partial charge in [0, 0.05) is 11.8 Å². The van der Waals surface area contributed by atoms with Crippen molar-refractivity contribution in [2.75, 3.05) is 4.90 Å². The average Bonchev–Trinajstić information content (AvgIpc) is 3.20. The van der Waals surface area contributed by atoms with Crippen LogP contribution in [0.25, 0.3) is 0 Å². The number of hydrogen-bond donors (Lipinski definition) is 2. The normalized spacial score (nSPS) is 35.4. The van der Waals surface area contributed by atoms with E-state index in [-0.39, 0.29) is 24.2 Å². The molecule has 156 valence electrons. The maximum absolute atomic E-state index is 13.9. The van der Waals surface area contributed by atoms with Crippen LogP contribution in [0.3, 0.4) is 0 Å². The average molecular weight is 411 g/mol. The largest absolute Gasteiger partial charge is 0.505 e. The number of aliphatic hydroxyl groups is 1. The Balaban J connectivity index is 1.51. The van der Waals surface area contributed by atoms with E-state index < -0.39 is 41.2 Å². The van der Waals surface area contributed by atoms with Crippen LogP contribution >= 0.6 is 0 Å². The number of amides is 2. The summed E-state index contributed by atoms with van der Waals surface area (Å²) in [5.74, 6) is -5.55. The van der Waals surface area contributed by atoms with E-state index in [2.05, 4.69) is 0 Å². The fourth-order valence-electron chi connectivity index (χ4n) is 5.41. The predicted molar refractivity (Wildman–Crippen MR) is 105 cm³/mol. The van der Waals surface area contributed by atoms with E-state index >= 15 is 0 Å². The van der Waals surface area contributed by atoms with Crippen LogP contribution in [0.4, 0.5) is 10.1 Å². The zero-order chi connectivity index (χ0) is 21.2. The number of aromatic hydroxyl groups is 1. The van der Waals surface area contributed by atoms with E-state index in [4.69, 9.17) is 4.74 Å². The highest BCUT2D eigenvalue weighted by atomic mass is 19.1. The maximum Gasteiger partial charge on any atom is 0.238 e. The summed E-state index contributed by atoms with van der Waals surface area (Å²) in [6, 6.07) is 12.8. The predicted octanol–water partition coefficient (Wildman–Crippen LogP) is 3.14. The molecule has 7 heteroatoms. The molecule has 0 spiro atoms. The first-order valence-corrected chi connectivity index (χ1v) is 10.1. The zero-order valence-corrected chi connectivity index (χ0v) is 16.4. The number of carbonyl (C=O) groups excluding carboxylic acids is 2. The quantitative estimate of drug-likeness (QED) is 0.742. The number of halogens is 1. The van der Waals surface area contributed by atoms with Gasteiger partial charge in [0.15, 0.2) is 17.4 Å². The number of ether oxygens (including phenoxy) is 1. The summed E-state index contributed by atoms with van der Waals surface area (Å²) in [5, 5.41) is 20.9. The van der Waals surface area contributed by atoms with Crippen LogP contribution in [-0.2, 0) is 14.3 Å². The Kier molecular flexibility index (Phi) is 4.24. The van der Waals surface area contributed by atoms with Crippen LogP contribution in [0.1, 0.15) is 31.4 Å². The Labute approximate surface area is 172 Å². The molecule has 2 heterocycles. The van der Waals surface area contributed by atoms with Gasteiger partial charge in [-0.3, -0.25) is 14.5 Å². The summed E-state index contributed by atoms with van der Waals surface area (Å²) in [5.41, 5.74) is 1.00. The first-order chi connectivity index (χ1) is 14.3. The molecule has 0 bridgehead atoms. The molecule has 2 N–H and O–H groups in total. The molecule has 1 aliphatic carbocycles. The molecule has 1 saturated carbocycles. The van der Waals surface area contributed by atoms with Gasteiger partial charge in [0.05, 0.1) is 23.6 Å². The van der Waals surface area contributed by atoms with Gasteiger partial charge in [-0.05, 0) is 42.7 Å². The Morgan fingerprint density at radius 2 is 1.83 bits per heavy atom. The third kappa shape index (κ3) is 2.62. The molecule has 5 rings (SSSR count). The lowest BCUT2D eigenvalue weighted by molar-refractivity contribution is -0.265. The Morgan fingerprint density at radius 3 is 2.53 bits per heavy atom. The number of anilines is 1. The van der Waals surface area contributed by atoms with Crippen molar-refractivity contribution in [2.45, 2.75) is 31.7 Å². The molecule has 2 aliphatic heterocycles. The highest BCUT2D eigenvalue weighted by molar-refractivity contribution is 6.22. The summed E-state index contributed by atoms with van der Waals surface area (Å²) in [6.07, 6.45) is -0.0131. The van der Waals surface area contributed by atoms with E-state index in [1.165, 1.54) is 17.0 Å². The van der Waals surface area contributed by atoms with Gasteiger partial charge in [0.1, 0.15) is 0 Å². The number of imide groups is 1. The molecule has 2 aromatic rings. The highest BCUT2D eigenvalue weighted by Crippen LogP contribution is 2.58. The molecule has 2 amide bonds. The minimum Gasteiger partial charge on any atom is -0.505 e. The molecule has 3 fully saturated rings. The lowest BCUT2D eigenvalue weighted by atomic mass is 9.65. The van der Waals surface area contributed by atoms with Gasteiger partial charge in [-0.2, -0.15) is 0 Å². The molecule has 2 saturated heterocycles. The standard InChI is InChI=1S/C23H22FNO5/c1-12-9-15-20(22(28)25(21(15)27)14-5-3-2-4-6-14)16-11-19(30-23(12,16)29)13-7-8-18(26)17(24)10-13/h2-8,10,12,15-16,19-20,26,29H,9,11H2,1H3/t12-,15-,16-,19-,20-,23+/m0/s1. The van der Waals surface area contributed by atoms with Gasteiger partial charge >= 0.3 is 0 Å². The number of carbonyl (C=O) groups is 2. The van der Waals surface area contributed by atoms with Crippen LogP contribution in [0.2, 0.25) is 0 Å². The van der Waals surface area contributed by atoms with Crippen molar-refractivity contribution < 1.29 is 28.9 Å². The van der Waals surface area contributed by atoms with Gasteiger partial charge in [0.25, 0.3) is 0 Å². The van der Waals surface area contributed by atoms with E-state index in [0.29, 0.717) is 17.7 Å². The lowest BCUT2D eigenvalue weighted by Gasteiger charge is -2.43. The Morgan fingerprint density at radius 1 is 1.10 bits per heavy atom. The molecule has 30 heavy (non-hydrogen) atoms. The van der Waals surface area contributed by atoms with Crippen LogP contribution in [-0.4, -0.2) is 27.8 Å². The Hall–Kier alpha value is -2.77. The number of nitrogens with zero attached hydrogens (tertiary/aromatic N) is 1. The number of phenolic OH excluding ortho intramolecular Hbond substituents is 1. The molecular weight excluding hydrogens is 389 g/mol. The van der Waals surface area contributed by atoms with Gasteiger partial charge < -0.3 is 14.9 Å². The molecule has 0 unspecified atom stereocenters. The first-order valence-electron chi connectivity index (χ1n) is 10.1. The van der Waals surface area contributed by atoms with Crippen molar-refractivity contribution in [1.29, 1.82) is 0 Å². The number of rotatable bonds is 2. The summed E-state index contributed by atoms with van der Waals surface area (Å²) in [6.45, 7) is 1.81. The van der Waals surface area contributed by atoms with Crippen LogP contribution in [0.15, 0.2) is 48.5 Å². The summed E-state index contributed by atoms with van der Waals surface area (Å²) >= 11 is 0. The lowest BCUT2D eigenvalue weighted by Crippen LogP contribution is -2.52. The van der Waals surface area contributed by atoms with Crippen molar-refractivity contribution in [1.82, 2.24) is 0 Å². The number of benzene rings is 2. The van der Waals surface area contributed by atoms with Crippen molar-refractivity contribution in [3.63, 3.8) is 0 Å². The summed E-state index contributed by atoms with van der Waals surface area (Å²) < 4.78 is 19.9. The minimum atomic E-state index is -1.58. The second kappa shape index (κ2) is 6.62. The Bertz CT molecular complexity index is 1030. The monoisotopic (exact) mass is 411 g/mol. The van der Waals surface area contributed by atoms with Crippen molar-refractivity contribution >= 4 is 17.5 Å². The zero-order valence-electron chi connectivity index (χ0n) is 16.4. The molecule has 3 aliphatic rings. The van der Waals surface area contributed by atoms with Crippen LogP contribution < -0.4 is 4.90 Å². The number of hydrogen-bond acceptors (Lipinski definition) is 5. The van der Waals surface area contributed by atoms with Crippen molar-refractivity contribution in [2.24, 2.45) is 23.7 Å². The molecule has 6 nitrogen and oxygen atoms in total. The maximum atomic E-state index is 13.9. The van der Waals surface area contributed by atoms with Crippen LogP contribution in [0.5, 0.6) is 5.75 Å². The number of phenols is 1. The molecular formula is C23H22FNO5. The minimum absolute atomic E-state index is 0.246. The van der Waals surface area contributed by atoms with Gasteiger partial charge in [0.2, 0.25) is 11.8 Å². The third-order valence-electron chi connectivity index (χ3n) is 6.91. The third-order valence-corrected chi connectivity index (χ3v) is 6.91. The SMILES string of the molecule is C[C@H]1C[C@@H]2C(=O)N(c3ccccc3)C(=O)[C@@H]2[C@@H]2C[C@@H](c3ccc(O)c(F)c3)O[C@]12O. The van der Waals surface area contributed by atoms with E-state index in [0.717, 1.165) is 0 Å². The fraction of sp³-hybridized carbons (Fsp3) is 0.391. The topological polar surface area (TPSA) is 87.1 Å². The fourth-order valence-corrected chi connectivity index (χ4v) is 5.41. The second-order valence-corrected chi connectivity index (χ2v) is 8.53. The molecule has 6 atom stereocenters. The van der Waals surface area contributed by atoms with Crippen molar-refractivity contribution in [3.05, 3.63) is 59.9 Å². The van der Waals surface area contributed by atoms with Crippen LogP contribution in [0, 0.1) is 29.5 Å². The first kappa shape index (κ1) is 19.2. The van der Waals surface area contributed by atoms with Crippen molar-refractivity contribution in [3.8, 4) is 5.75 Å². The van der Waals surface area contributed by atoms with Gasteiger partial charge in [-0.15, -0.1) is 0 Å². The summed E-state index contributed by atoms with van der Waals surface area (Å²) in [7, 11) is 0. The summed E-state index contributed by atoms with van der Waals surface area (Å²) in [4.78, 5) is 27.7. The van der Waals surface area contributed by atoms with E-state index in [9.17, 15) is 24.2 Å². The number of fused-ring (bicyclic) bond motifs is 3. The highest BCUT2D eigenvalue weighted by Gasteiger charge is 2.65.